The van der Waals surface area contributed by atoms with Gasteiger partial charge in [-0.2, -0.15) is 0 Å². The van der Waals surface area contributed by atoms with Crippen LogP contribution in [-0.2, 0) is 0 Å². The van der Waals surface area contributed by atoms with Crippen LogP contribution in [0.3, 0.4) is 0 Å². The summed E-state index contributed by atoms with van der Waals surface area (Å²) in [4.78, 5) is 2.38. The SMILES string of the molecule is CN1CCCC1CCOc1ccccc1O. The van der Waals surface area contributed by atoms with Crippen LogP contribution in [0.4, 0.5) is 0 Å². The van der Waals surface area contributed by atoms with Crippen molar-refractivity contribution >= 4 is 0 Å². The first-order valence-corrected chi connectivity index (χ1v) is 5.88. The molecule has 1 aliphatic heterocycles. The summed E-state index contributed by atoms with van der Waals surface area (Å²) in [6.07, 6.45) is 3.59. The summed E-state index contributed by atoms with van der Waals surface area (Å²) in [5.74, 6) is 0.811. The summed E-state index contributed by atoms with van der Waals surface area (Å²) in [5, 5.41) is 9.52. The van der Waals surface area contributed by atoms with Crippen molar-refractivity contribution in [3.05, 3.63) is 24.3 Å². The van der Waals surface area contributed by atoms with Gasteiger partial charge in [-0.3, -0.25) is 0 Å². The summed E-state index contributed by atoms with van der Waals surface area (Å²) in [5.41, 5.74) is 0. The zero-order chi connectivity index (χ0) is 11.4. The molecule has 0 spiro atoms. The number of hydrogen-bond donors (Lipinski definition) is 1. The lowest BCUT2D eigenvalue weighted by Gasteiger charge is -2.19. The van der Waals surface area contributed by atoms with Gasteiger partial charge >= 0.3 is 0 Å². The molecule has 1 N–H and O–H groups in total. The van der Waals surface area contributed by atoms with Crippen LogP contribution in [0.2, 0.25) is 0 Å². The highest BCUT2D eigenvalue weighted by molar-refractivity contribution is 5.37. The average molecular weight is 221 g/mol. The molecule has 16 heavy (non-hydrogen) atoms. The first-order chi connectivity index (χ1) is 7.77. The van der Waals surface area contributed by atoms with Gasteiger partial charge < -0.3 is 14.7 Å². The van der Waals surface area contributed by atoms with Gasteiger partial charge in [0.2, 0.25) is 0 Å². The molecule has 3 nitrogen and oxygen atoms in total. The molecule has 1 saturated heterocycles. The van der Waals surface area contributed by atoms with Gasteiger partial charge in [-0.15, -0.1) is 0 Å². The molecule has 1 atom stereocenters. The third kappa shape index (κ3) is 2.67. The first-order valence-electron chi connectivity index (χ1n) is 5.88. The van der Waals surface area contributed by atoms with E-state index in [0.29, 0.717) is 18.4 Å². The molecule has 88 valence electrons. The highest BCUT2D eigenvalue weighted by Crippen LogP contribution is 2.25. The second-order valence-electron chi connectivity index (χ2n) is 4.38. The minimum absolute atomic E-state index is 0.224. The molecule has 0 aliphatic carbocycles. The van der Waals surface area contributed by atoms with Crippen molar-refractivity contribution in [1.82, 2.24) is 4.90 Å². The number of para-hydroxylation sites is 2. The summed E-state index contributed by atoms with van der Waals surface area (Å²) in [7, 11) is 2.16. The first kappa shape index (κ1) is 11.3. The average Bonchev–Trinajstić information content (AvgIpc) is 2.67. The molecule has 0 aromatic heterocycles. The minimum Gasteiger partial charge on any atom is -0.504 e. The molecule has 1 aliphatic rings. The minimum atomic E-state index is 0.224. The molecule has 0 radical (unpaired) electrons. The quantitative estimate of drug-likeness (QED) is 0.846. The smallest absolute Gasteiger partial charge is 0.160 e. The van der Waals surface area contributed by atoms with E-state index in [1.165, 1.54) is 19.4 Å². The number of aromatic hydroxyl groups is 1. The summed E-state index contributed by atoms with van der Waals surface area (Å²) in [6.45, 7) is 1.87. The summed E-state index contributed by atoms with van der Waals surface area (Å²) >= 11 is 0. The van der Waals surface area contributed by atoms with Gasteiger partial charge in [0, 0.05) is 6.04 Å². The molecule has 0 saturated carbocycles. The monoisotopic (exact) mass is 221 g/mol. The van der Waals surface area contributed by atoms with Crippen LogP contribution in [0.15, 0.2) is 24.3 Å². The maximum atomic E-state index is 9.52. The fourth-order valence-corrected chi connectivity index (χ4v) is 2.23. The Morgan fingerprint density at radius 3 is 2.94 bits per heavy atom. The number of benzene rings is 1. The molecule has 2 rings (SSSR count). The van der Waals surface area contributed by atoms with Gasteiger partial charge in [-0.05, 0) is 45.0 Å². The van der Waals surface area contributed by atoms with E-state index in [9.17, 15) is 5.11 Å². The number of phenolic OH excluding ortho intramolecular Hbond substituents is 1. The predicted molar refractivity (Wildman–Crippen MR) is 63.9 cm³/mol. The Hall–Kier alpha value is -1.22. The van der Waals surface area contributed by atoms with Crippen LogP contribution in [0.5, 0.6) is 11.5 Å². The van der Waals surface area contributed by atoms with Gasteiger partial charge in [-0.1, -0.05) is 12.1 Å². The van der Waals surface area contributed by atoms with Crippen LogP contribution in [-0.4, -0.2) is 36.2 Å². The van der Waals surface area contributed by atoms with E-state index in [2.05, 4.69) is 11.9 Å². The molecule has 3 heteroatoms. The maximum absolute atomic E-state index is 9.52. The molecule has 0 bridgehead atoms. The Morgan fingerprint density at radius 2 is 2.25 bits per heavy atom. The Balaban J connectivity index is 1.78. The van der Waals surface area contributed by atoms with Crippen molar-refractivity contribution in [2.75, 3.05) is 20.2 Å². The van der Waals surface area contributed by atoms with Crippen LogP contribution < -0.4 is 4.74 Å². The number of nitrogens with zero attached hydrogens (tertiary/aromatic N) is 1. The van der Waals surface area contributed by atoms with Crippen molar-refractivity contribution in [3.63, 3.8) is 0 Å². The lowest BCUT2D eigenvalue weighted by atomic mass is 10.1. The molecule has 1 fully saturated rings. The van der Waals surface area contributed by atoms with Gasteiger partial charge in [-0.25, -0.2) is 0 Å². The third-order valence-electron chi connectivity index (χ3n) is 3.25. The van der Waals surface area contributed by atoms with Gasteiger partial charge in [0.1, 0.15) is 0 Å². The summed E-state index contributed by atoms with van der Waals surface area (Å²) < 4.78 is 5.57. The van der Waals surface area contributed by atoms with E-state index < -0.39 is 0 Å². The molecule has 1 unspecified atom stereocenters. The zero-order valence-corrected chi connectivity index (χ0v) is 9.72. The molecule has 1 heterocycles. The van der Waals surface area contributed by atoms with Gasteiger partial charge in [0.15, 0.2) is 11.5 Å². The summed E-state index contributed by atoms with van der Waals surface area (Å²) in [6, 6.07) is 7.76. The van der Waals surface area contributed by atoms with Crippen LogP contribution in [0, 0.1) is 0 Å². The van der Waals surface area contributed by atoms with Crippen molar-refractivity contribution in [2.45, 2.75) is 25.3 Å². The number of rotatable bonds is 4. The van der Waals surface area contributed by atoms with Gasteiger partial charge in [0.05, 0.1) is 6.61 Å². The lowest BCUT2D eigenvalue weighted by molar-refractivity contribution is 0.228. The topological polar surface area (TPSA) is 32.7 Å². The Morgan fingerprint density at radius 1 is 1.44 bits per heavy atom. The van der Waals surface area contributed by atoms with Crippen molar-refractivity contribution in [3.8, 4) is 11.5 Å². The number of ether oxygens (including phenoxy) is 1. The molecule has 1 aromatic rings. The van der Waals surface area contributed by atoms with E-state index in [1.807, 2.05) is 6.07 Å². The Kier molecular flexibility index (Phi) is 3.67. The van der Waals surface area contributed by atoms with E-state index in [1.54, 1.807) is 18.2 Å². The van der Waals surface area contributed by atoms with Crippen molar-refractivity contribution in [1.29, 1.82) is 0 Å². The third-order valence-corrected chi connectivity index (χ3v) is 3.25. The maximum Gasteiger partial charge on any atom is 0.160 e. The van der Waals surface area contributed by atoms with E-state index in [0.717, 1.165) is 6.42 Å². The van der Waals surface area contributed by atoms with Crippen LogP contribution in [0.25, 0.3) is 0 Å². The second kappa shape index (κ2) is 5.21. The van der Waals surface area contributed by atoms with Crippen molar-refractivity contribution in [2.24, 2.45) is 0 Å². The van der Waals surface area contributed by atoms with E-state index in [-0.39, 0.29) is 5.75 Å². The van der Waals surface area contributed by atoms with Crippen LogP contribution >= 0.6 is 0 Å². The van der Waals surface area contributed by atoms with Crippen molar-refractivity contribution < 1.29 is 9.84 Å². The fraction of sp³-hybridized carbons (Fsp3) is 0.538. The zero-order valence-electron chi connectivity index (χ0n) is 9.72. The normalized spacial score (nSPS) is 21.2. The Labute approximate surface area is 96.6 Å². The Bertz CT molecular complexity index is 340. The number of phenols is 1. The van der Waals surface area contributed by atoms with E-state index in [4.69, 9.17) is 4.74 Å². The number of hydrogen-bond acceptors (Lipinski definition) is 3. The molecule has 0 amide bonds. The largest absolute Gasteiger partial charge is 0.504 e. The predicted octanol–water partition coefficient (Wildman–Crippen LogP) is 2.26. The van der Waals surface area contributed by atoms with Gasteiger partial charge in [0.25, 0.3) is 0 Å². The standard InChI is InChI=1S/C13H19NO2/c1-14-9-4-5-11(14)8-10-16-13-7-3-2-6-12(13)15/h2-3,6-7,11,15H,4-5,8-10H2,1H3. The molecule has 1 aromatic carbocycles. The molecular weight excluding hydrogens is 202 g/mol. The second-order valence-corrected chi connectivity index (χ2v) is 4.38. The highest BCUT2D eigenvalue weighted by Gasteiger charge is 2.20. The van der Waals surface area contributed by atoms with Crippen LogP contribution in [0.1, 0.15) is 19.3 Å². The highest BCUT2D eigenvalue weighted by atomic mass is 16.5. The molecular formula is C13H19NO2. The van der Waals surface area contributed by atoms with E-state index >= 15 is 0 Å². The lowest BCUT2D eigenvalue weighted by Crippen LogP contribution is -2.26. The number of likely N-dealkylation sites (tertiary alicyclic amines) is 1. The fourth-order valence-electron chi connectivity index (χ4n) is 2.23.